The fraction of sp³-hybridized carbons (Fsp3) is 0.0833. The van der Waals surface area contributed by atoms with Crippen LogP contribution in [-0.2, 0) is 17.9 Å². The van der Waals surface area contributed by atoms with Crippen molar-refractivity contribution in [3.8, 4) is 5.75 Å². The van der Waals surface area contributed by atoms with Crippen LogP contribution in [0.25, 0.3) is 6.08 Å². The molecule has 2 amide bonds. The Balaban J connectivity index is 1.43. The first kappa shape index (κ1) is 22.8. The van der Waals surface area contributed by atoms with Gasteiger partial charge in [-0.2, -0.15) is 0 Å². The van der Waals surface area contributed by atoms with Crippen LogP contribution >= 0.6 is 27.7 Å². The number of thioether (sulfide) groups is 1. The lowest BCUT2D eigenvalue weighted by molar-refractivity contribution is -0.384. The number of hydrogen-bond donors (Lipinski definition) is 0. The summed E-state index contributed by atoms with van der Waals surface area (Å²) in [7, 11) is 0. The molecule has 0 unspecified atom stereocenters. The Morgan fingerprint density at radius 1 is 1.00 bits per heavy atom. The number of rotatable bonds is 7. The maximum Gasteiger partial charge on any atom is 0.293 e. The van der Waals surface area contributed by atoms with E-state index in [4.69, 9.17) is 4.74 Å². The van der Waals surface area contributed by atoms with Crippen LogP contribution in [-0.4, -0.2) is 21.0 Å². The van der Waals surface area contributed by atoms with Gasteiger partial charge in [0, 0.05) is 16.6 Å². The minimum atomic E-state index is -0.450. The molecule has 0 saturated carbocycles. The summed E-state index contributed by atoms with van der Waals surface area (Å²) in [5.41, 5.74) is 2.40. The lowest BCUT2D eigenvalue weighted by Gasteiger charge is -2.12. The van der Waals surface area contributed by atoms with Crippen LogP contribution in [0.2, 0.25) is 0 Å². The van der Waals surface area contributed by atoms with E-state index in [1.807, 2.05) is 30.3 Å². The van der Waals surface area contributed by atoms with Crippen LogP contribution in [0.3, 0.4) is 0 Å². The van der Waals surface area contributed by atoms with E-state index in [2.05, 4.69) is 15.9 Å². The monoisotopic (exact) mass is 524 g/mol. The molecule has 0 aliphatic carbocycles. The van der Waals surface area contributed by atoms with E-state index in [9.17, 15) is 19.7 Å². The zero-order chi connectivity index (χ0) is 23.4. The number of nitrogens with zero attached hydrogens (tertiary/aromatic N) is 2. The number of benzene rings is 3. The molecule has 0 aromatic heterocycles. The number of non-ortho nitro benzene ring substituents is 1. The highest BCUT2D eigenvalue weighted by Crippen LogP contribution is 2.34. The Hall–Kier alpha value is -3.43. The smallest absolute Gasteiger partial charge is 0.293 e. The summed E-state index contributed by atoms with van der Waals surface area (Å²) >= 11 is 4.31. The summed E-state index contributed by atoms with van der Waals surface area (Å²) < 4.78 is 6.67. The highest BCUT2D eigenvalue weighted by molar-refractivity contribution is 9.10. The van der Waals surface area contributed by atoms with Gasteiger partial charge in [0.05, 0.1) is 16.4 Å². The molecule has 9 heteroatoms. The van der Waals surface area contributed by atoms with Crippen molar-refractivity contribution in [2.75, 3.05) is 0 Å². The number of carbonyl (C=O) groups excluding carboxylic acids is 2. The van der Waals surface area contributed by atoms with E-state index in [-0.39, 0.29) is 30.0 Å². The average molecular weight is 525 g/mol. The molecule has 1 saturated heterocycles. The molecule has 0 radical (unpaired) electrons. The van der Waals surface area contributed by atoms with Crippen LogP contribution in [0, 0.1) is 10.1 Å². The van der Waals surface area contributed by atoms with Gasteiger partial charge in [0.1, 0.15) is 12.4 Å². The van der Waals surface area contributed by atoms with E-state index in [0.717, 1.165) is 32.9 Å². The van der Waals surface area contributed by atoms with Gasteiger partial charge < -0.3 is 4.74 Å². The van der Waals surface area contributed by atoms with Crippen molar-refractivity contribution in [2.45, 2.75) is 13.2 Å². The zero-order valence-corrected chi connectivity index (χ0v) is 19.5. The summed E-state index contributed by atoms with van der Waals surface area (Å²) in [5, 5.41) is 10.4. The van der Waals surface area contributed by atoms with Gasteiger partial charge >= 0.3 is 0 Å². The van der Waals surface area contributed by atoms with Crippen molar-refractivity contribution in [2.24, 2.45) is 0 Å². The summed E-state index contributed by atoms with van der Waals surface area (Å²) in [6.07, 6.45) is 1.67. The maximum atomic E-state index is 12.8. The highest BCUT2D eigenvalue weighted by atomic mass is 79.9. The molecule has 0 atom stereocenters. The van der Waals surface area contributed by atoms with Crippen LogP contribution in [0.15, 0.2) is 82.2 Å². The summed E-state index contributed by atoms with van der Waals surface area (Å²) in [6, 6.07) is 20.8. The van der Waals surface area contributed by atoms with Crippen molar-refractivity contribution in [3.05, 3.63) is 109 Å². The van der Waals surface area contributed by atoms with Crippen molar-refractivity contribution < 1.29 is 19.2 Å². The largest absolute Gasteiger partial charge is 0.489 e. The minimum absolute atomic E-state index is 0.0228. The first-order valence-electron chi connectivity index (χ1n) is 9.85. The standard InChI is InChI=1S/C24H17BrN2O5S/c25-19-5-1-4-18(11-19)14-26-23(28)22(33-24(26)29)13-17-3-2-6-21(12-17)32-15-16-7-9-20(10-8-16)27(30)31/h1-13H,14-15H2/b22-13+. The molecule has 3 aromatic rings. The maximum absolute atomic E-state index is 12.8. The number of ether oxygens (including phenoxy) is 1. The number of nitro benzene ring substituents is 1. The van der Waals surface area contributed by atoms with Gasteiger partial charge in [0.15, 0.2) is 0 Å². The SMILES string of the molecule is O=C1S/C(=C/c2cccc(OCc3ccc([N+](=O)[O-])cc3)c2)C(=O)N1Cc1cccc(Br)c1. The van der Waals surface area contributed by atoms with E-state index in [1.54, 1.807) is 36.4 Å². The minimum Gasteiger partial charge on any atom is -0.489 e. The quantitative estimate of drug-likeness (QED) is 0.208. The molecule has 4 rings (SSSR count). The fourth-order valence-electron chi connectivity index (χ4n) is 3.18. The number of carbonyl (C=O) groups is 2. The number of hydrogen-bond acceptors (Lipinski definition) is 6. The molecule has 166 valence electrons. The Morgan fingerprint density at radius 2 is 1.76 bits per heavy atom. The van der Waals surface area contributed by atoms with Gasteiger partial charge in [-0.15, -0.1) is 0 Å². The lowest BCUT2D eigenvalue weighted by Crippen LogP contribution is -2.27. The summed E-state index contributed by atoms with van der Waals surface area (Å²) in [5.74, 6) is 0.248. The number of imide groups is 1. The molecule has 1 heterocycles. The topological polar surface area (TPSA) is 89.7 Å². The molecule has 1 aliphatic heterocycles. The third kappa shape index (κ3) is 5.68. The first-order chi connectivity index (χ1) is 15.9. The normalized spacial score (nSPS) is 14.7. The van der Waals surface area contributed by atoms with Crippen LogP contribution in [0.4, 0.5) is 10.5 Å². The second-order valence-corrected chi connectivity index (χ2v) is 9.09. The number of halogens is 1. The number of nitro groups is 1. The van der Waals surface area contributed by atoms with Crippen molar-refractivity contribution >= 4 is 50.6 Å². The second-order valence-electron chi connectivity index (χ2n) is 7.18. The van der Waals surface area contributed by atoms with E-state index in [0.29, 0.717) is 10.7 Å². The van der Waals surface area contributed by atoms with E-state index in [1.165, 1.54) is 17.0 Å². The Kier molecular flexibility index (Phi) is 6.90. The van der Waals surface area contributed by atoms with Crippen LogP contribution in [0.1, 0.15) is 16.7 Å². The third-order valence-corrected chi connectivity index (χ3v) is 6.21. The average Bonchev–Trinajstić information content (AvgIpc) is 3.05. The van der Waals surface area contributed by atoms with E-state index >= 15 is 0 Å². The highest BCUT2D eigenvalue weighted by Gasteiger charge is 2.35. The predicted molar refractivity (Wildman–Crippen MR) is 130 cm³/mol. The van der Waals surface area contributed by atoms with Gasteiger partial charge in [0.2, 0.25) is 0 Å². The molecule has 3 aromatic carbocycles. The molecule has 33 heavy (non-hydrogen) atoms. The summed E-state index contributed by atoms with van der Waals surface area (Å²) in [6.45, 7) is 0.449. The predicted octanol–water partition coefficient (Wildman–Crippen LogP) is 6.17. The molecule has 7 nitrogen and oxygen atoms in total. The van der Waals surface area contributed by atoms with Crippen LogP contribution < -0.4 is 4.74 Å². The molecular formula is C24H17BrN2O5S. The van der Waals surface area contributed by atoms with Crippen molar-refractivity contribution in [3.63, 3.8) is 0 Å². The number of amides is 2. The van der Waals surface area contributed by atoms with Gasteiger partial charge in [-0.05, 0) is 70.9 Å². The van der Waals surface area contributed by atoms with Gasteiger partial charge in [0.25, 0.3) is 16.8 Å². The zero-order valence-electron chi connectivity index (χ0n) is 17.1. The van der Waals surface area contributed by atoms with Gasteiger partial charge in [-0.25, -0.2) is 0 Å². The molecule has 0 spiro atoms. The van der Waals surface area contributed by atoms with Gasteiger partial charge in [-0.3, -0.25) is 24.6 Å². The first-order valence-corrected chi connectivity index (χ1v) is 11.5. The fourth-order valence-corrected chi connectivity index (χ4v) is 4.47. The van der Waals surface area contributed by atoms with Crippen LogP contribution in [0.5, 0.6) is 5.75 Å². The van der Waals surface area contributed by atoms with Gasteiger partial charge in [-0.1, -0.05) is 40.2 Å². The Labute approximate surface area is 202 Å². The van der Waals surface area contributed by atoms with Crippen molar-refractivity contribution in [1.82, 2.24) is 4.90 Å². The van der Waals surface area contributed by atoms with Crippen molar-refractivity contribution in [1.29, 1.82) is 0 Å². The molecule has 1 fully saturated rings. The third-order valence-electron chi connectivity index (χ3n) is 4.81. The molecule has 0 N–H and O–H groups in total. The molecule has 0 bridgehead atoms. The molecular weight excluding hydrogens is 508 g/mol. The second kappa shape index (κ2) is 10.0. The van der Waals surface area contributed by atoms with E-state index < -0.39 is 4.92 Å². The lowest BCUT2D eigenvalue weighted by atomic mass is 10.2. The molecule has 1 aliphatic rings. The Morgan fingerprint density at radius 3 is 2.48 bits per heavy atom. The summed E-state index contributed by atoms with van der Waals surface area (Å²) in [4.78, 5) is 37.1. The Bertz CT molecular complexity index is 1260.